The van der Waals surface area contributed by atoms with Crippen molar-refractivity contribution < 1.29 is 4.42 Å². The van der Waals surface area contributed by atoms with Gasteiger partial charge < -0.3 is 4.42 Å². The summed E-state index contributed by atoms with van der Waals surface area (Å²) < 4.78 is 6.40. The molecule has 254 valence electrons. The molecule has 0 radical (unpaired) electrons. The third-order valence-electron chi connectivity index (χ3n) is 11.8. The molecule has 0 atom stereocenters. The Bertz CT molecular complexity index is 3440. The third kappa shape index (κ3) is 4.54. The molecular formula is C54H32O. The first-order valence-electron chi connectivity index (χ1n) is 19.0. The molecule has 55 heavy (non-hydrogen) atoms. The zero-order chi connectivity index (χ0) is 36.0. The highest BCUT2D eigenvalue weighted by Crippen LogP contribution is 2.45. The summed E-state index contributed by atoms with van der Waals surface area (Å²) in [6, 6.07) is 71.1. The first-order valence-corrected chi connectivity index (χ1v) is 19.0. The molecule has 1 nitrogen and oxygen atoms in total. The Balaban J connectivity index is 1.02. The van der Waals surface area contributed by atoms with Gasteiger partial charge in [0.25, 0.3) is 0 Å². The number of rotatable bonds is 3. The number of hydrogen-bond donors (Lipinski definition) is 0. The van der Waals surface area contributed by atoms with Gasteiger partial charge in [-0.1, -0.05) is 164 Å². The van der Waals surface area contributed by atoms with Crippen LogP contribution < -0.4 is 0 Å². The summed E-state index contributed by atoms with van der Waals surface area (Å²) in [4.78, 5) is 0. The smallest absolute Gasteiger partial charge is 0.136 e. The Morgan fingerprint density at radius 1 is 0.218 bits per heavy atom. The Kier molecular flexibility index (Phi) is 6.40. The average Bonchev–Trinajstić information content (AvgIpc) is 3.61. The minimum absolute atomic E-state index is 0.910. The molecule has 0 N–H and O–H groups in total. The molecule has 0 bridgehead atoms. The molecule has 11 aromatic carbocycles. The largest absolute Gasteiger partial charge is 0.456 e. The van der Waals surface area contributed by atoms with Gasteiger partial charge in [-0.3, -0.25) is 0 Å². The summed E-state index contributed by atoms with van der Waals surface area (Å²) in [5.41, 5.74) is 9.18. The molecule has 1 heterocycles. The van der Waals surface area contributed by atoms with Crippen molar-refractivity contribution >= 4 is 86.6 Å². The van der Waals surface area contributed by atoms with E-state index in [2.05, 4.69) is 194 Å². The van der Waals surface area contributed by atoms with E-state index >= 15 is 0 Å². The van der Waals surface area contributed by atoms with Crippen LogP contribution >= 0.6 is 0 Å². The van der Waals surface area contributed by atoms with Crippen LogP contribution in [0.3, 0.4) is 0 Å². The van der Waals surface area contributed by atoms with Gasteiger partial charge in [0.1, 0.15) is 11.2 Å². The van der Waals surface area contributed by atoms with E-state index in [1.807, 2.05) is 0 Å². The third-order valence-corrected chi connectivity index (χ3v) is 11.8. The van der Waals surface area contributed by atoms with Crippen LogP contribution in [0.1, 0.15) is 0 Å². The molecule has 0 unspecified atom stereocenters. The Hall–Kier alpha value is -7.22. The number of hydrogen-bond acceptors (Lipinski definition) is 1. The molecule has 12 rings (SSSR count). The standard InChI is InChI=1S/C54H32O/c1-2-12-36-32-52-50(30-35(36)11-1)49-31-38(26-28-51(49)55-52)54-46-19-9-7-17-44(46)53(45-18-8-10-20-47(45)54)34-23-21-33(22-24-34)37-25-27-43-41-15-4-3-13-39(41)40-14-5-6-16-42(40)48(43)29-37/h1-32H. The SMILES string of the molecule is c1ccc2cc3c(cc2c1)oc1ccc(-c2c4ccccc4c(-c4ccc(-c5ccc6c7ccccc7c7ccccc7c6c5)cc4)c4ccccc24)cc13. The van der Waals surface area contributed by atoms with E-state index in [1.165, 1.54) is 98.0 Å². The Labute approximate surface area is 317 Å². The molecule has 0 aliphatic carbocycles. The quantitative estimate of drug-likeness (QED) is 0.132. The van der Waals surface area contributed by atoms with Gasteiger partial charge >= 0.3 is 0 Å². The van der Waals surface area contributed by atoms with Gasteiger partial charge in [0.05, 0.1) is 0 Å². The summed E-state index contributed by atoms with van der Waals surface area (Å²) in [7, 11) is 0. The number of furan rings is 1. The maximum Gasteiger partial charge on any atom is 0.136 e. The lowest BCUT2D eigenvalue weighted by Gasteiger charge is -2.18. The first kappa shape index (κ1) is 30.3. The van der Waals surface area contributed by atoms with Crippen molar-refractivity contribution in [2.75, 3.05) is 0 Å². The fraction of sp³-hybridized carbons (Fsp3) is 0. The lowest BCUT2D eigenvalue weighted by molar-refractivity contribution is 0.669. The fourth-order valence-corrected chi connectivity index (χ4v) is 9.28. The monoisotopic (exact) mass is 696 g/mol. The van der Waals surface area contributed by atoms with Crippen molar-refractivity contribution in [2.24, 2.45) is 0 Å². The van der Waals surface area contributed by atoms with Crippen LogP contribution in [-0.2, 0) is 0 Å². The van der Waals surface area contributed by atoms with Gasteiger partial charge in [-0.25, -0.2) is 0 Å². The molecule has 0 aliphatic rings. The maximum atomic E-state index is 6.40. The van der Waals surface area contributed by atoms with Crippen LogP contribution in [-0.4, -0.2) is 0 Å². The second kappa shape index (κ2) is 11.6. The summed E-state index contributed by atoms with van der Waals surface area (Å²) in [5, 5.41) is 17.4. The van der Waals surface area contributed by atoms with Crippen molar-refractivity contribution in [1.29, 1.82) is 0 Å². The van der Waals surface area contributed by atoms with Crippen molar-refractivity contribution in [3.63, 3.8) is 0 Å². The summed E-state index contributed by atoms with van der Waals surface area (Å²) in [6.07, 6.45) is 0. The Morgan fingerprint density at radius 2 is 0.618 bits per heavy atom. The maximum absolute atomic E-state index is 6.40. The van der Waals surface area contributed by atoms with E-state index in [-0.39, 0.29) is 0 Å². The van der Waals surface area contributed by atoms with Gasteiger partial charge in [-0.2, -0.15) is 0 Å². The first-order chi connectivity index (χ1) is 27.3. The van der Waals surface area contributed by atoms with Crippen molar-refractivity contribution in [3.05, 3.63) is 194 Å². The molecule has 0 saturated heterocycles. The van der Waals surface area contributed by atoms with Crippen LogP contribution in [0.15, 0.2) is 199 Å². The molecule has 0 fully saturated rings. The Morgan fingerprint density at radius 3 is 1.22 bits per heavy atom. The van der Waals surface area contributed by atoms with E-state index < -0.39 is 0 Å². The highest BCUT2D eigenvalue weighted by Gasteiger charge is 2.18. The fourth-order valence-electron chi connectivity index (χ4n) is 9.28. The van der Waals surface area contributed by atoms with E-state index in [0.29, 0.717) is 0 Å². The number of benzene rings is 11. The summed E-state index contributed by atoms with van der Waals surface area (Å²) in [5.74, 6) is 0. The van der Waals surface area contributed by atoms with Crippen molar-refractivity contribution in [3.8, 4) is 33.4 Å². The zero-order valence-corrected chi connectivity index (χ0v) is 29.9. The van der Waals surface area contributed by atoms with Gasteiger partial charge in [0, 0.05) is 10.8 Å². The van der Waals surface area contributed by atoms with Gasteiger partial charge in [-0.15, -0.1) is 0 Å². The highest BCUT2D eigenvalue weighted by atomic mass is 16.3. The van der Waals surface area contributed by atoms with Crippen LogP contribution in [0.25, 0.3) is 120 Å². The highest BCUT2D eigenvalue weighted by molar-refractivity contribution is 6.26. The lowest BCUT2D eigenvalue weighted by Crippen LogP contribution is -1.91. The van der Waals surface area contributed by atoms with Gasteiger partial charge in [-0.05, 0) is 128 Å². The van der Waals surface area contributed by atoms with Crippen molar-refractivity contribution in [2.45, 2.75) is 0 Å². The van der Waals surface area contributed by atoms with E-state index in [9.17, 15) is 0 Å². The van der Waals surface area contributed by atoms with Crippen LogP contribution in [0, 0.1) is 0 Å². The van der Waals surface area contributed by atoms with Gasteiger partial charge in [0.15, 0.2) is 0 Å². The van der Waals surface area contributed by atoms with Crippen LogP contribution in [0.5, 0.6) is 0 Å². The molecule has 0 spiro atoms. The number of fused-ring (bicyclic) bond motifs is 12. The normalized spacial score (nSPS) is 12.0. The predicted molar refractivity (Wildman–Crippen MR) is 235 cm³/mol. The minimum atomic E-state index is 0.910. The van der Waals surface area contributed by atoms with E-state index in [1.54, 1.807) is 0 Å². The van der Waals surface area contributed by atoms with E-state index in [4.69, 9.17) is 4.42 Å². The van der Waals surface area contributed by atoms with Gasteiger partial charge in [0.2, 0.25) is 0 Å². The molecule has 0 saturated carbocycles. The zero-order valence-electron chi connectivity index (χ0n) is 29.9. The molecule has 0 aliphatic heterocycles. The predicted octanol–water partition coefficient (Wildman–Crippen LogP) is 15.5. The summed E-state index contributed by atoms with van der Waals surface area (Å²) >= 11 is 0. The second-order valence-electron chi connectivity index (χ2n) is 14.8. The van der Waals surface area contributed by atoms with E-state index in [0.717, 1.165) is 21.9 Å². The molecule has 0 amide bonds. The van der Waals surface area contributed by atoms with Crippen molar-refractivity contribution in [1.82, 2.24) is 0 Å². The van der Waals surface area contributed by atoms with Crippen LogP contribution in [0.2, 0.25) is 0 Å². The second-order valence-corrected chi connectivity index (χ2v) is 14.8. The topological polar surface area (TPSA) is 13.1 Å². The molecule has 1 heteroatoms. The molecule has 1 aromatic heterocycles. The minimum Gasteiger partial charge on any atom is -0.456 e. The summed E-state index contributed by atoms with van der Waals surface area (Å²) in [6.45, 7) is 0. The van der Waals surface area contributed by atoms with Crippen LogP contribution in [0.4, 0.5) is 0 Å². The molecular weight excluding hydrogens is 665 g/mol. The lowest BCUT2D eigenvalue weighted by atomic mass is 9.85. The average molecular weight is 697 g/mol. The molecule has 12 aromatic rings.